The van der Waals surface area contributed by atoms with Gasteiger partial charge in [-0.1, -0.05) is 32.9 Å². The summed E-state index contributed by atoms with van der Waals surface area (Å²) in [7, 11) is 0. The molecule has 0 heterocycles. The predicted octanol–water partition coefficient (Wildman–Crippen LogP) is 3.69. The van der Waals surface area contributed by atoms with E-state index in [2.05, 4.69) is 39.0 Å². The average molecular weight is 274 g/mol. The van der Waals surface area contributed by atoms with Gasteiger partial charge in [0.15, 0.2) is 0 Å². The summed E-state index contributed by atoms with van der Waals surface area (Å²) in [6, 6.07) is 8.36. The van der Waals surface area contributed by atoms with Gasteiger partial charge in [-0.2, -0.15) is 5.26 Å². The van der Waals surface area contributed by atoms with Crippen LogP contribution in [0.15, 0.2) is 18.2 Å². The molecule has 0 aromatic heterocycles. The molecule has 0 amide bonds. The highest BCUT2D eigenvalue weighted by Crippen LogP contribution is 2.28. The number of aryl methyl sites for hydroxylation is 1. The van der Waals surface area contributed by atoms with Gasteiger partial charge >= 0.3 is 0 Å². The predicted molar refractivity (Wildman–Crippen MR) is 82.8 cm³/mol. The highest BCUT2D eigenvalue weighted by atomic mass is 16.5. The number of rotatable bonds is 4. The van der Waals surface area contributed by atoms with Gasteiger partial charge < -0.3 is 10.5 Å². The van der Waals surface area contributed by atoms with Crippen molar-refractivity contribution in [3.05, 3.63) is 29.3 Å². The van der Waals surface area contributed by atoms with Crippen LogP contribution in [0.4, 0.5) is 0 Å². The molecule has 0 aliphatic carbocycles. The summed E-state index contributed by atoms with van der Waals surface area (Å²) in [5.41, 5.74) is 7.53. The minimum absolute atomic E-state index is 0.0937. The van der Waals surface area contributed by atoms with Crippen LogP contribution in [0.25, 0.3) is 0 Å². The van der Waals surface area contributed by atoms with Crippen molar-refractivity contribution in [2.45, 2.75) is 65.0 Å². The molecule has 0 saturated carbocycles. The summed E-state index contributed by atoms with van der Waals surface area (Å²) in [6.45, 7) is 12.3. The third kappa shape index (κ3) is 4.54. The standard InChI is InChI=1S/C17H26N2O/c1-12-9-14(16(3,4)5)7-8-15(12)20-13(2)10-17(6,19)11-18/h7-9,13H,10,19H2,1-6H3. The van der Waals surface area contributed by atoms with Gasteiger partial charge in [0.1, 0.15) is 11.3 Å². The SMILES string of the molecule is Cc1cc(C(C)(C)C)ccc1OC(C)CC(C)(N)C#N. The van der Waals surface area contributed by atoms with Crippen LogP contribution in [0.2, 0.25) is 0 Å². The van der Waals surface area contributed by atoms with Crippen LogP contribution in [0.1, 0.15) is 52.2 Å². The Hall–Kier alpha value is -1.53. The Labute approximate surface area is 122 Å². The lowest BCUT2D eigenvalue weighted by atomic mass is 9.86. The molecule has 0 aliphatic rings. The monoisotopic (exact) mass is 274 g/mol. The molecule has 2 N–H and O–H groups in total. The van der Waals surface area contributed by atoms with Crippen molar-refractivity contribution in [3.8, 4) is 11.8 Å². The first kappa shape index (κ1) is 16.5. The van der Waals surface area contributed by atoms with E-state index < -0.39 is 5.54 Å². The van der Waals surface area contributed by atoms with E-state index in [1.54, 1.807) is 6.92 Å². The third-order valence-corrected chi connectivity index (χ3v) is 3.34. The lowest BCUT2D eigenvalue weighted by Gasteiger charge is -2.24. The number of ether oxygens (including phenoxy) is 1. The second-order valence-corrected chi connectivity index (χ2v) is 6.89. The third-order valence-electron chi connectivity index (χ3n) is 3.34. The van der Waals surface area contributed by atoms with Crippen molar-refractivity contribution in [2.75, 3.05) is 0 Å². The Morgan fingerprint density at radius 2 is 1.90 bits per heavy atom. The number of nitrogens with zero attached hydrogens (tertiary/aromatic N) is 1. The Balaban J connectivity index is 2.82. The smallest absolute Gasteiger partial charge is 0.122 e. The molecule has 0 saturated heterocycles. The van der Waals surface area contributed by atoms with Gasteiger partial charge in [-0.25, -0.2) is 0 Å². The molecule has 0 aliphatic heterocycles. The molecule has 0 spiro atoms. The van der Waals surface area contributed by atoms with E-state index in [9.17, 15) is 0 Å². The van der Waals surface area contributed by atoms with Crippen molar-refractivity contribution in [2.24, 2.45) is 5.73 Å². The number of benzene rings is 1. The van der Waals surface area contributed by atoms with Crippen LogP contribution in [-0.2, 0) is 5.41 Å². The van der Waals surface area contributed by atoms with E-state index in [0.29, 0.717) is 6.42 Å². The van der Waals surface area contributed by atoms with Crippen LogP contribution in [0.3, 0.4) is 0 Å². The summed E-state index contributed by atoms with van der Waals surface area (Å²) >= 11 is 0. The van der Waals surface area contributed by atoms with E-state index in [4.69, 9.17) is 15.7 Å². The van der Waals surface area contributed by atoms with Crippen molar-refractivity contribution in [1.29, 1.82) is 5.26 Å². The Morgan fingerprint density at radius 1 is 1.30 bits per heavy atom. The van der Waals surface area contributed by atoms with Gasteiger partial charge in [0.05, 0.1) is 12.2 Å². The largest absolute Gasteiger partial charge is 0.490 e. The topological polar surface area (TPSA) is 59.0 Å². The Kier molecular flexibility index (Phi) is 4.83. The van der Waals surface area contributed by atoms with Gasteiger partial charge in [0.2, 0.25) is 0 Å². The molecule has 3 heteroatoms. The second kappa shape index (κ2) is 5.85. The zero-order valence-electron chi connectivity index (χ0n) is 13.4. The maximum atomic E-state index is 8.96. The number of nitriles is 1. The molecule has 110 valence electrons. The first-order valence-corrected chi connectivity index (χ1v) is 7.03. The first-order chi connectivity index (χ1) is 9.05. The summed E-state index contributed by atoms with van der Waals surface area (Å²) in [4.78, 5) is 0. The molecule has 0 fully saturated rings. The highest BCUT2D eigenvalue weighted by Gasteiger charge is 2.22. The van der Waals surface area contributed by atoms with Gasteiger partial charge in [-0.15, -0.1) is 0 Å². The van der Waals surface area contributed by atoms with Crippen LogP contribution < -0.4 is 10.5 Å². The van der Waals surface area contributed by atoms with Crippen molar-refractivity contribution in [3.63, 3.8) is 0 Å². The molecule has 2 unspecified atom stereocenters. The van der Waals surface area contributed by atoms with Crippen molar-refractivity contribution >= 4 is 0 Å². The maximum absolute atomic E-state index is 8.96. The Morgan fingerprint density at radius 3 is 2.35 bits per heavy atom. The van der Waals surface area contributed by atoms with Crippen LogP contribution >= 0.6 is 0 Å². The molecule has 2 atom stereocenters. The van der Waals surface area contributed by atoms with Crippen LogP contribution in [0.5, 0.6) is 5.75 Å². The quantitative estimate of drug-likeness (QED) is 0.911. The Bertz CT molecular complexity index is 507. The van der Waals surface area contributed by atoms with Gasteiger partial charge in [-0.3, -0.25) is 0 Å². The van der Waals surface area contributed by atoms with E-state index in [-0.39, 0.29) is 11.5 Å². The van der Waals surface area contributed by atoms with Gasteiger partial charge in [-0.05, 0) is 43.4 Å². The summed E-state index contributed by atoms with van der Waals surface area (Å²) in [5.74, 6) is 0.860. The van der Waals surface area contributed by atoms with Crippen LogP contribution in [-0.4, -0.2) is 11.6 Å². The van der Waals surface area contributed by atoms with Crippen molar-refractivity contribution < 1.29 is 4.74 Å². The fourth-order valence-corrected chi connectivity index (χ4v) is 2.15. The molecule has 1 aromatic rings. The highest BCUT2D eigenvalue weighted by molar-refractivity contribution is 5.38. The zero-order chi connectivity index (χ0) is 15.6. The summed E-state index contributed by atoms with van der Waals surface area (Å²) in [6.07, 6.45) is 0.410. The fourth-order valence-electron chi connectivity index (χ4n) is 2.15. The summed E-state index contributed by atoms with van der Waals surface area (Å²) < 4.78 is 5.92. The zero-order valence-corrected chi connectivity index (χ0v) is 13.4. The lowest BCUT2D eigenvalue weighted by molar-refractivity contribution is 0.190. The second-order valence-electron chi connectivity index (χ2n) is 6.89. The fraction of sp³-hybridized carbons (Fsp3) is 0.588. The van der Waals surface area contributed by atoms with E-state index >= 15 is 0 Å². The molecule has 0 bridgehead atoms. The summed E-state index contributed by atoms with van der Waals surface area (Å²) in [5, 5.41) is 8.96. The molecular formula is C17H26N2O. The van der Waals surface area contributed by atoms with E-state index in [1.807, 2.05) is 19.9 Å². The molecular weight excluding hydrogens is 248 g/mol. The van der Waals surface area contributed by atoms with Crippen LogP contribution in [0, 0.1) is 18.3 Å². The molecule has 3 nitrogen and oxygen atoms in total. The van der Waals surface area contributed by atoms with E-state index in [0.717, 1.165) is 11.3 Å². The minimum atomic E-state index is -0.849. The van der Waals surface area contributed by atoms with Gasteiger partial charge in [0.25, 0.3) is 0 Å². The molecule has 1 aromatic carbocycles. The molecule has 20 heavy (non-hydrogen) atoms. The first-order valence-electron chi connectivity index (χ1n) is 7.03. The number of hydrogen-bond donors (Lipinski definition) is 1. The number of hydrogen-bond acceptors (Lipinski definition) is 3. The molecule has 1 rings (SSSR count). The van der Waals surface area contributed by atoms with E-state index in [1.165, 1.54) is 5.56 Å². The average Bonchev–Trinajstić information content (AvgIpc) is 2.29. The van der Waals surface area contributed by atoms with Gasteiger partial charge in [0, 0.05) is 6.42 Å². The minimum Gasteiger partial charge on any atom is -0.490 e. The lowest BCUT2D eigenvalue weighted by Crippen LogP contribution is -2.38. The normalized spacial score (nSPS) is 16.1. The molecule has 0 radical (unpaired) electrons. The maximum Gasteiger partial charge on any atom is 0.122 e. The van der Waals surface area contributed by atoms with Crippen molar-refractivity contribution in [1.82, 2.24) is 0 Å². The number of nitrogens with two attached hydrogens (primary N) is 1.